The largest absolute Gasteiger partial charge is 0.760 e. The molecular weight excluding hydrogens is 198 g/mol. The van der Waals surface area contributed by atoms with E-state index in [1.807, 2.05) is 0 Å². The van der Waals surface area contributed by atoms with Crippen LogP contribution in [-0.4, -0.2) is 8.76 Å². The molecule has 0 aromatic heterocycles. The highest BCUT2D eigenvalue weighted by atomic mass is 35.5. The number of hydrogen-bond acceptors (Lipinski definition) is 2. The van der Waals surface area contributed by atoms with Crippen molar-refractivity contribution in [1.82, 2.24) is 4.72 Å². The van der Waals surface area contributed by atoms with Gasteiger partial charge in [-0.3, -0.25) is 4.21 Å². The number of benzene rings is 1. The Morgan fingerprint density at radius 3 is 2.75 bits per heavy atom. The third kappa shape index (κ3) is 2.91. The average Bonchev–Trinajstić information content (AvgIpc) is 2.03. The average molecular weight is 205 g/mol. The van der Waals surface area contributed by atoms with Gasteiger partial charge in [-0.25, -0.2) is 4.72 Å². The van der Waals surface area contributed by atoms with Crippen molar-refractivity contribution in [3.8, 4) is 0 Å². The molecule has 1 rings (SSSR count). The summed E-state index contributed by atoms with van der Waals surface area (Å²) in [5.74, 6) is 0. The maximum absolute atomic E-state index is 10.1. The molecule has 0 fully saturated rings. The van der Waals surface area contributed by atoms with Gasteiger partial charge in [-0.2, -0.15) is 0 Å². The first-order valence-corrected chi connectivity index (χ1v) is 4.71. The Kier molecular flexibility index (Phi) is 3.68. The van der Waals surface area contributed by atoms with Crippen molar-refractivity contribution in [3.05, 3.63) is 34.9 Å². The Balaban J connectivity index is 2.63. The third-order valence-electron chi connectivity index (χ3n) is 1.34. The van der Waals surface area contributed by atoms with Crippen molar-refractivity contribution >= 4 is 22.9 Å². The molecule has 0 aliphatic heterocycles. The lowest BCUT2D eigenvalue weighted by molar-refractivity contribution is 0.522. The monoisotopic (exact) mass is 204 g/mol. The maximum atomic E-state index is 10.1. The molecule has 0 aliphatic rings. The first kappa shape index (κ1) is 9.67. The van der Waals surface area contributed by atoms with E-state index < -0.39 is 11.3 Å². The predicted octanol–water partition coefficient (Wildman–Crippen LogP) is 1.22. The molecule has 0 saturated heterocycles. The first-order valence-electron chi connectivity index (χ1n) is 3.26. The summed E-state index contributed by atoms with van der Waals surface area (Å²) in [5, 5.41) is 0.565. The summed E-state index contributed by atoms with van der Waals surface area (Å²) in [6.07, 6.45) is 0. The van der Waals surface area contributed by atoms with E-state index in [1.165, 1.54) is 0 Å². The van der Waals surface area contributed by atoms with Gasteiger partial charge < -0.3 is 4.55 Å². The summed E-state index contributed by atoms with van der Waals surface area (Å²) in [6, 6.07) is 7.07. The highest BCUT2D eigenvalue weighted by Crippen LogP contribution is 2.13. The molecule has 3 nitrogen and oxygen atoms in total. The fraction of sp³-hybridized carbons (Fsp3) is 0.143. The molecule has 1 aromatic carbocycles. The second-order valence-corrected chi connectivity index (χ2v) is 3.31. The van der Waals surface area contributed by atoms with E-state index in [0.29, 0.717) is 5.02 Å². The van der Waals surface area contributed by atoms with Crippen molar-refractivity contribution in [1.29, 1.82) is 0 Å². The van der Waals surface area contributed by atoms with Gasteiger partial charge in [0.1, 0.15) is 0 Å². The predicted molar refractivity (Wildman–Crippen MR) is 47.2 cm³/mol. The molecule has 1 N–H and O–H groups in total. The lowest BCUT2D eigenvalue weighted by atomic mass is 10.2. The van der Waals surface area contributed by atoms with Crippen LogP contribution in [0.25, 0.3) is 0 Å². The van der Waals surface area contributed by atoms with E-state index in [2.05, 4.69) is 4.72 Å². The summed E-state index contributed by atoms with van der Waals surface area (Å²) < 4.78 is 22.5. The highest BCUT2D eigenvalue weighted by Gasteiger charge is 1.96. The number of hydrogen-bond donors (Lipinski definition) is 1. The molecule has 66 valence electrons. The van der Waals surface area contributed by atoms with Crippen LogP contribution in [0.15, 0.2) is 24.3 Å². The van der Waals surface area contributed by atoms with E-state index in [0.717, 1.165) is 5.56 Å². The topological polar surface area (TPSA) is 52.2 Å². The molecule has 0 bridgehead atoms. The van der Waals surface area contributed by atoms with Gasteiger partial charge >= 0.3 is 0 Å². The van der Waals surface area contributed by atoms with Crippen LogP contribution < -0.4 is 4.72 Å². The second-order valence-electron chi connectivity index (χ2n) is 2.15. The van der Waals surface area contributed by atoms with E-state index in [9.17, 15) is 8.76 Å². The maximum Gasteiger partial charge on any atom is 0.0451 e. The Morgan fingerprint density at radius 1 is 1.50 bits per heavy atom. The molecule has 0 spiro atoms. The molecule has 0 aliphatic carbocycles. The molecular formula is C7H7ClNO2S-. The molecule has 1 atom stereocenters. The Morgan fingerprint density at radius 2 is 2.17 bits per heavy atom. The van der Waals surface area contributed by atoms with Gasteiger partial charge in [-0.15, -0.1) is 0 Å². The van der Waals surface area contributed by atoms with Gasteiger partial charge in [0.25, 0.3) is 0 Å². The van der Waals surface area contributed by atoms with Gasteiger partial charge in [0.05, 0.1) is 0 Å². The number of nitrogens with one attached hydrogen (secondary N) is 1. The van der Waals surface area contributed by atoms with Gasteiger partial charge in [-0.05, 0) is 11.6 Å². The summed E-state index contributed by atoms with van der Waals surface area (Å²) in [4.78, 5) is 0. The van der Waals surface area contributed by atoms with Crippen LogP contribution in [0.4, 0.5) is 0 Å². The van der Waals surface area contributed by atoms with Crippen LogP contribution in [0.5, 0.6) is 0 Å². The minimum atomic E-state index is -2.23. The van der Waals surface area contributed by atoms with Crippen molar-refractivity contribution in [2.24, 2.45) is 0 Å². The van der Waals surface area contributed by atoms with Crippen LogP contribution in [0.2, 0.25) is 5.02 Å². The zero-order chi connectivity index (χ0) is 8.97. The van der Waals surface area contributed by atoms with E-state index >= 15 is 0 Å². The zero-order valence-corrected chi connectivity index (χ0v) is 7.69. The van der Waals surface area contributed by atoms with Crippen molar-refractivity contribution < 1.29 is 8.76 Å². The van der Waals surface area contributed by atoms with Crippen molar-refractivity contribution in [3.63, 3.8) is 0 Å². The van der Waals surface area contributed by atoms with Gasteiger partial charge in [0, 0.05) is 22.8 Å². The lowest BCUT2D eigenvalue weighted by Crippen LogP contribution is -2.15. The Labute approximate surface area is 78.2 Å². The van der Waals surface area contributed by atoms with Crippen LogP contribution in [0.1, 0.15) is 5.56 Å². The van der Waals surface area contributed by atoms with Gasteiger partial charge in [0.15, 0.2) is 0 Å². The zero-order valence-electron chi connectivity index (χ0n) is 6.12. The summed E-state index contributed by atoms with van der Waals surface area (Å²) in [7, 11) is 0. The third-order valence-corrected chi connectivity index (χ3v) is 2.09. The SMILES string of the molecule is O=S([O-])NCc1ccccc1Cl. The van der Waals surface area contributed by atoms with Gasteiger partial charge in [0.2, 0.25) is 0 Å². The summed E-state index contributed by atoms with van der Waals surface area (Å²) in [5.41, 5.74) is 0.767. The second kappa shape index (κ2) is 4.57. The standard InChI is InChI=1S/C7H8ClNO2S/c8-7-4-2-1-3-6(7)5-9-12(10)11/h1-4,9H,5H2,(H,10,11)/p-1. The summed E-state index contributed by atoms with van der Waals surface area (Å²) >= 11 is 3.53. The molecule has 1 unspecified atom stereocenters. The fourth-order valence-corrected chi connectivity index (χ4v) is 1.25. The number of rotatable bonds is 3. The molecule has 0 radical (unpaired) electrons. The highest BCUT2D eigenvalue weighted by molar-refractivity contribution is 7.77. The van der Waals surface area contributed by atoms with Crippen molar-refractivity contribution in [2.45, 2.75) is 6.54 Å². The van der Waals surface area contributed by atoms with E-state index in [-0.39, 0.29) is 6.54 Å². The Bertz CT molecular complexity index is 292. The van der Waals surface area contributed by atoms with Gasteiger partial charge in [-0.1, -0.05) is 29.8 Å². The quantitative estimate of drug-likeness (QED) is 0.753. The fourth-order valence-electron chi connectivity index (χ4n) is 0.778. The number of halogens is 1. The molecule has 1 aromatic rings. The first-order chi connectivity index (χ1) is 5.70. The summed E-state index contributed by atoms with van der Waals surface area (Å²) in [6.45, 7) is 0.232. The van der Waals surface area contributed by atoms with Crippen molar-refractivity contribution in [2.75, 3.05) is 0 Å². The smallest absolute Gasteiger partial charge is 0.0451 e. The van der Waals surface area contributed by atoms with E-state index in [4.69, 9.17) is 11.6 Å². The van der Waals surface area contributed by atoms with Crippen LogP contribution in [0, 0.1) is 0 Å². The normalized spacial score (nSPS) is 12.8. The van der Waals surface area contributed by atoms with E-state index in [1.54, 1.807) is 24.3 Å². The molecule has 5 heteroatoms. The molecule has 0 amide bonds. The Hall–Kier alpha value is -0.420. The lowest BCUT2D eigenvalue weighted by Gasteiger charge is -2.07. The molecule has 0 saturated carbocycles. The minimum absolute atomic E-state index is 0.232. The minimum Gasteiger partial charge on any atom is -0.760 e. The molecule has 0 heterocycles. The molecule has 12 heavy (non-hydrogen) atoms. The van der Waals surface area contributed by atoms with Crippen LogP contribution in [0.3, 0.4) is 0 Å². The van der Waals surface area contributed by atoms with Crippen LogP contribution >= 0.6 is 11.6 Å². The van der Waals surface area contributed by atoms with Crippen LogP contribution in [-0.2, 0) is 17.8 Å².